The number of aliphatic hydroxyl groups excluding tert-OH is 5. The Hall–Kier alpha value is -1.62. The average molecular weight is 346 g/mol. The minimum atomic E-state index is -1.63. The lowest BCUT2D eigenvalue weighted by Crippen LogP contribution is -2.60. The maximum absolute atomic E-state index is 10.1. The van der Waals surface area contributed by atoms with Gasteiger partial charge in [-0.15, -0.1) is 0 Å². The zero-order valence-corrected chi connectivity index (χ0v) is 13.3. The van der Waals surface area contributed by atoms with Crippen LogP contribution in [-0.2, 0) is 11.3 Å². The molecular formula is C15H22O9. The van der Waals surface area contributed by atoms with E-state index in [0.29, 0.717) is 17.1 Å². The molecule has 136 valence electrons. The Bertz CT molecular complexity index is 523. The number of benzene rings is 1. The number of hydrogen-bond donors (Lipinski definition) is 5. The molecule has 1 aromatic rings. The molecule has 0 aromatic heterocycles. The molecule has 0 aliphatic carbocycles. The monoisotopic (exact) mass is 346 g/mol. The van der Waals surface area contributed by atoms with Gasteiger partial charge in [0.15, 0.2) is 12.4 Å². The molecule has 24 heavy (non-hydrogen) atoms. The molecule has 0 spiro atoms. The van der Waals surface area contributed by atoms with Crippen molar-refractivity contribution in [1.29, 1.82) is 0 Å². The fourth-order valence-electron chi connectivity index (χ4n) is 2.55. The SMILES string of the molecule is COc1cc(OC2C(CO)OC(O)C(O)C2O)cc(OC)c1CO. The molecule has 5 atom stereocenters. The predicted octanol–water partition coefficient (Wildman–Crippen LogP) is -1.63. The lowest BCUT2D eigenvalue weighted by atomic mass is 9.99. The van der Waals surface area contributed by atoms with Crippen molar-refractivity contribution in [2.24, 2.45) is 0 Å². The van der Waals surface area contributed by atoms with E-state index in [-0.39, 0.29) is 12.4 Å². The molecule has 0 saturated carbocycles. The molecule has 9 heteroatoms. The molecular weight excluding hydrogens is 324 g/mol. The normalized spacial score (nSPS) is 30.0. The van der Waals surface area contributed by atoms with E-state index in [1.54, 1.807) is 0 Å². The number of hydrogen-bond acceptors (Lipinski definition) is 9. The highest BCUT2D eigenvalue weighted by molar-refractivity contribution is 5.50. The summed E-state index contributed by atoms with van der Waals surface area (Å²) in [5.74, 6) is 0.814. The fraction of sp³-hybridized carbons (Fsp3) is 0.600. The third-order valence-corrected chi connectivity index (χ3v) is 3.85. The van der Waals surface area contributed by atoms with E-state index in [9.17, 15) is 25.5 Å². The second-order valence-electron chi connectivity index (χ2n) is 5.28. The van der Waals surface area contributed by atoms with Crippen molar-refractivity contribution in [3.05, 3.63) is 17.7 Å². The molecule has 0 radical (unpaired) electrons. The minimum absolute atomic E-state index is 0.204. The van der Waals surface area contributed by atoms with E-state index in [1.165, 1.54) is 26.4 Å². The summed E-state index contributed by atoms with van der Waals surface area (Å²) in [5, 5.41) is 48.1. The highest BCUT2D eigenvalue weighted by Crippen LogP contribution is 2.35. The summed E-state index contributed by atoms with van der Waals surface area (Å²) < 4.78 is 21.0. The lowest BCUT2D eigenvalue weighted by Gasteiger charge is -2.40. The zero-order chi connectivity index (χ0) is 17.9. The van der Waals surface area contributed by atoms with Gasteiger partial charge in [-0.3, -0.25) is 0 Å². The Morgan fingerprint density at radius 3 is 2.04 bits per heavy atom. The van der Waals surface area contributed by atoms with Crippen LogP contribution < -0.4 is 14.2 Å². The van der Waals surface area contributed by atoms with Crippen LogP contribution in [0.3, 0.4) is 0 Å². The van der Waals surface area contributed by atoms with Crippen LogP contribution in [0.4, 0.5) is 0 Å². The summed E-state index contributed by atoms with van der Waals surface area (Å²) in [6.07, 6.45) is -6.88. The average Bonchev–Trinajstić information content (AvgIpc) is 2.60. The maximum atomic E-state index is 10.1. The third-order valence-electron chi connectivity index (χ3n) is 3.85. The van der Waals surface area contributed by atoms with Gasteiger partial charge >= 0.3 is 0 Å². The van der Waals surface area contributed by atoms with Crippen molar-refractivity contribution in [2.75, 3.05) is 20.8 Å². The molecule has 1 aliphatic heterocycles. The van der Waals surface area contributed by atoms with E-state index in [4.69, 9.17) is 18.9 Å². The summed E-state index contributed by atoms with van der Waals surface area (Å²) in [6.45, 7) is -0.847. The van der Waals surface area contributed by atoms with Crippen molar-refractivity contribution in [3.63, 3.8) is 0 Å². The molecule has 1 aromatic carbocycles. The van der Waals surface area contributed by atoms with Crippen molar-refractivity contribution in [1.82, 2.24) is 0 Å². The highest BCUT2D eigenvalue weighted by Gasteiger charge is 2.45. The summed E-state index contributed by atoms with van der Waals surface area (Å²) in [5.41, 5.74) is 0.418. The zero-order valence-electron chi connectivity index (χ0n) is 13.3. The first-order valence-electron chi connectivity index (χ1n) is 7.29. The van der Waals surface area contributed by atoms with Crippen LogP contribution in [0.15, 0.2) is 12.1 Å². The summed E-state index contributed by atoms with van der Waals surface area (Å²) in [4.78, 5) is 0. The van der Waals surface area contributed by atoms with Crippen LogP contribution in [-0.4, -0.2) is 77.1 Å². The second-order valence-corrected chi connectivity index (χ2v) is 5.28. The van der Waals surface area contributed by atoms with Crippen molar-refractivity contribution < 1.29 is 44.5 Å². The van der Waals surface area contributed by atoms with E-state index in [2.05, 4.69) is 0 Å². The quantitative estimate of drug-likeness (QED) is 0.411. The first-order valence-corrected chi connectivity index (χ1v) is 7.29. The van der Waals surface area contributed by atoms with Crippen LogP contribution in [0, 0.1) is 0 Å². The summed E-state index contributed by atoms with van der Waals surface area (Å²) >= 11 is 0. The molecule has 1 aliphatic rings. The number of methoxy groups -OCH3 is 2. The van der Waals surface area contributed by atoms with Gasteiger partial charge in [-0.1, -0.05) is 0 Å². The van der Waals surface area contributed by atoms with Gasteiger partial charge in [-0.25, -0.2) is 0 Å². The van der Waals surface area contributed by atoms with E-state index in [1.807, 2.05) is 0 Å². The van der Waals surface area contributed by atoms with Crippen LogP contribution >= 0.6 is 0 Å². The van der Waals surface area contributed by atoms with Gasteiger partial charge in [-0.05, 0) is 0 Å². The lowest BCUT2D eigenvalue weighted by molar-refractivity contribution is -0.282. The van der Waals surface area contributed by atoms with E-state index in [0.717, 1.165) is 0 Å². The first kappa shape index (κ1) is 18.7. The summed E-state index contributed by atoms with van der Waals surface area (Å²) in [7, 11) is 2.82. The van der Waals surface area contributed by atoms with Gasteiger partial charge in [0, 0.05) is 12.1 Å². The smallest absolute Gasteiger partial charge is 0.184 e. The number of aliphatic hydroxyl groups is 5. The van der Waals surface area contributed by atoms with Crippen LogP contribution in [0.25, 0.3) is 0 Å². The van der Waals surface area contributed by atoms with Crippen LogP contribution in [0.5, 0.6) is 17.2 Å². The second kappa shape index (κ2) is 7.97. The molecule has 2 rings (SSSR count). The molecule has 1 saturated heterocycles. The van der Waals surface area contributed by atoms with Crippen LogP contribution in [0.1, 0.15) is 5.56 Å². The molecule has 9 nitrogen and oxygen atoms in total. The summed E-state index contributed by atoms with van der Waals surface area (Å²) in [6, 6.07) is 2.93. The van der Waals surface area contributed by atoms with Gasteiger partial charge in [0.05, 0.1) is 33.0 Å². The third kappa shape index (κ3) is 3.56. The Balaban J connectivity index is 2.31. The fourth-order valence-corrected chi connectivity index (χ4v) is 2.55. The van der Waals surface area contributed by atoms with E-state index < -0.39 is 37.3 Å². The van der Waals surface area contributed by atoms with Gasteiger partial charge < -0.3 is 44.5 Å². The van der Waals surface area contributed by atoms with Crippen molar-refractivity contribution in [3.8, 4) is 17.2 Å². The minimum Gasteiger partial charge on any atom is -0.496 e. The number of rotatable bonds is 6. The molecule has 5 N–H and O–H groups in total. The topological polar surface area (TPSA) is 138 Å². The van der Waals surface area contributed by atoms with Gasteiger partial charge in [0.25, 0.3) is 0 Å². The standard InChI is InChI=1S/C15H22O9/c1-21-9-3-7(4-10(22-2)8(9)5-16)23-14-11(6-17)24-15(20)13(19)12(14)18/h3-4,11-20H,5-6H2,1-2H3. The van der Waals surface area contributed by atoms with Crippen LogP contribution in [0.2, 0.25) is 0 Å². The predicted molar refractivity (Wildman–Crippen MR) is 79.9 cm³/mol. The molecule has 1 fully saturated rings. The van der Waals surface area contributed by atoms with Gasteiger partial charge in [0.2, 0.25) is 0 Å². The van der Waals surface area contributed by atoms with E-state index >= 15 is 0 Å². The van der Waals surface area contributed by atoms with Crippen molar-refractivity contribution >= 4 is 0 Å². The molecule has 5 unspecified atom stereocenters. The van der Waals surface area contributed by atoms with Crippen molar-refractivity contribution in [2.45, 2.75) is 37.3 Å². The van der Waals surface area contributed by atoms with Gasteiger partial charge in [-0.2, -0.15) is 0 Å². The Morgan fingerprint density at radius 1 is 1.00 bits per heavy atom. The molecule has 0 amide bonds. The number of ether oxygens (including phenoxy) is 4. The molecule has 1 heterocycles. The maximum Gasteiger partial charge on any atom is 0.184 e. The Morgan fingerprint density at radius 2 is 1.58 bits per heavy atom. The largest absolute Gasteiger partial charge is 0.496 e. The molecule has 0 bridgehead atoms. The Labute approximate surface area is 138 Å². The Kier molecular flexibility index (Phi) is 6.21. The highest BCUT2D eigenvalue weighted by atomic mass is 16.7. The van der Waals surface area contributed by atoms with Gasteiger partial charge in [0.1, 0.15) is 35.6 Å². The first-order chi connectivity index (χ1) is 11.5.